The van der Waals surface area contributed by atoms with Gasteiger partial charge in [0.25, 0.3) is 0 Å². The fraction of sp³-hybridized carbons (Fsp3) is 0.308. The van der Waals surface area contributed by atoms with Crippen LogP contribution < -0.4 is 5.32 Å². The van der Waals surface area contributed by atoms with E-state index in [0.717, 1.165) is 12.8 Å². The van der Waals surface area contributed by atoms with Gasteiger partial charge >= 0.3 is 6.09 Å². The largest absolute Gasteiger partial charge is 0.449 e. The molecule has 1 aromatic rings. The van der Waals surface area contributed by atoms with Crippen LogP contribution in [-0.4, -0.2) is 18.8 Å². The molecule has 0 unspecified atom stereocenters. The van der Waals surface area contributed by atoms with E-state index < -0.39 is 6.09 Å². The molecule has 1 rings (SSSR count). The molecule has 95 valence electrons. The van der Waals surface area contributed by atoms with E-state index in [2.05, 4.69) is 17.2 Å². The number of isocyanates is 1. The van der Waals surface area contributed by atoms with Gasteiger partial charge in [0.1, 0.15) is 0 Å². The Morgan fingerprint density at radius 3 is 3.00 bits per heavy atom. The molecule has 1 amide bonds. The number of carbonyl (C=O) groups excluding carboxylic acids is 2. The molecule has 0 spiro atoms. The lowest BCUT2D eigenvalue weighted by molar-refractivity contribution is 0.160. The fourth-order valence-corrected chi connectivity index (χ4v) is 1.26. The third-order valence-electron chi connectivity index (χ3n) is 2.24. The van der Waals surface area contributed by atoms with Gasteiger partial charge in [-0.05, 0) is 31.0 Å². The van der Waals surface area contributed by atoms with E-state index >= 15 is 0 Å². The number of anilines is 1. The maximum absolute atomic E-state index is 11.4. The number of carbonyl (C=O) groups is 1. The van der Waals surface area contributed by atoms with Gasteiger partial charge in [0.15, 0.2) is 0 Å². The second-order valence-corrected chi connectivity index (χ2v) is 3.66. The minimum atomic E-state index is -0.541. The Bertz CT molecular complexity index is 465. The fourth-order valence-electron chi connectivity index (χ4n) is 1.26. The van der Waals surface area contributed by atoms with Crippen LogP contribution in [0.25, 0.3) is 0 Å². The number of aliphatic imine (C=N–C) groups is 1. The Balaban J connectivity index is 2.68. The molecular weight excluding hydrogens is 232 g/mol. The summed E-state index contributed by atoms with van der Waals surface area (Å²) in [4.78, 5) is 25.1. The molecule has 1 aromatic carbocycles. The SMILES string of the molecule is [CH2]c1ccc(N=C=O)cc1NC(=O)OCCCC. The Kier molecular flexibility index (Phi) is 5.61. The zero-order valence-corrected chi connectivity index (χ0v) is 10.2. The molecule has 0 bridgehead atoms. The van der Waals surface area contributed by atoms with E-state index in [1.54, 1.807) is 12.1 Å². The van der Waals surface area contributed by atoms with Gasteiger partial charge in [0.2, 0.25) is 6.08 Å². The Hall–Kier alpha value is -2.13. The number of rotatable bonds is 5. The molecule has 5 heteroatoms. The number of amides is 1. The van der Waals surface area contributed by atoms with Crippen LogP contribution in [0.4, 0.5) is 16.2 Å². The van der Waals surface area contributed by atoms with Crippen LogP contribution in [-0.2, 0) is 9.53 Å². The molecule has 0 saturated carbocycles. The van der Waals surface area contributed by atoms with Crippen molar-refractivity contribution in [2.24, 2.45) is 4.99 Å². The van der Waals surface area contributed by atoms with Crippen molar-refractivity contribution in [1.29, 1.82) is 0 Å². The molecule has 0 fully saturated rings. The zero-order chi connectivity index (χ0) is 13.4. The maximum atomic E-state index is 11.4. The molecule has 0 saturated heterocycles. The molecule has 0 aliphatic carbocycles. The molecule has 5 nitrogen and oxygen atoms in total. The zero-order valence-electron chi connectivity index (χ0n) is 10.2. The van der Waals surface area contributed by atoms with Gasteiger partial charge in [-0.1, -0.05) is 19.4 Å². The number of unbranched alkanes of at least 4 members (excludes halogenated alkanes) is 1. The van der Waals surface area contributed by atoms with Gasteiger partial charge < -0.3 is 4.74 Å². The molecule has 1 radical (unpaired) electrons. The quantitative estimate of drug-likeness (QED) is 0.493. The predicted octanol–water partition coefficient (Wildman–Crippen LogP) is 3.18. The lowest BCUT2D eigenvalue weighted by Gasteiger charge is -2.09. The van der Waals surface area contributed by atoms with Crippen LogP contribution in [0.15, 0.2) is 23.2 Å². The summed E-state index contributed by atoms with van der Waals surface area (Å²) >= 11 is 0. The molecule has 1 N–H and O–H groups in total. The summed E-state index contributed by atoms with van der Waals surface area (Å²) in [5.74, 6) is 0. The molecule has 0 aromatic heterocycles. The topological polar surface area (TPSA) is 67.8 Å². The molecular formula is C13H15N2O3. The van der Waals surface area contributed by atoms with Gasteiger partial charge in [-0.25, -0.2) is 9.59 Å². The first-order chi connectivity index (χ1) is 8.67. The number of nitrogens with one attached hydrogen (secondary N) is 1. The van der Waals surface area contributed by atoms with Crippen molar-refractivity contribution >= 4 is 23.5 Å². The lowest BCUT2D eigenvalue weighted by Crippen LogP contribution is -2.14. The van der Waals surface area contributed by atoms with Crippen LogP contribution >= 0.6 is 0 Å². The Labute approximate surface area is 106 Å². The van der Waals surface area contributed by atoms with E-state index in [0.29, 0.717) is 23.5 Å². The number of hydrogen-bond acceptors (Lipinski definition) is 4. The first-order valence-electron chi connectivity index (χ1n) is 5.65. The van der Waals surface area contributed by atoms with Crippen LogP contribution in [0.2, 0.25) is 0 Å². The first-order valence-corrected chi connectivity index (χ1v) is 5.65. The summed E-state index contributed by atoms with van der Waals surface area (Å²) in [6, 6.07) is 4.80. The van der Waals surface area contributed by atoms with Crippen molar-refractivity contribution in [3.8, 4) is 0 Å². The van der Waals surface area contributed by atoms with E-state index in [4.69, 9.17) is 4.74 Å². The van der Waals surface area contributed by atoms with Crippen LogP contribution in [0, 0.1) is 6.92 Å². The minimum Gasteiger partial charge on any atom is -0.449 e. The highest BCUT2D eigenvalue weighted by Crippen LogP contribution is 2.22. The molecule has 0 heterocycles. The maximum Gasteiger partial charge on any atom is 0.411 e. The molecule has 0 aliphatic heterocycles. The second-order valence-electron chi connectivity index (χ2n) is 3.66. The van der Waals surface area contributed by atoms with E-state index in [1.165, 1.54) is 12.1 Å². The number of ether oxygens (including phenoxy) is 1. The van der Waals surface area contributed by atoms with Crippen molar-refractivity contribution in [3.63, 3.8) is 0 Å². The normalized spacial score (nSPS) is 9.44. The highest BCUT2D eigenvalue weighted by Gasteiger charge is 2.06. The lowest BCUT2D eigenvalue weighted by atomic mass is 10.2. The average Bonchev–Trinajstić information content (AvgIpc) is 2.34. The summed E-state index contributed by atoms with van der Waals surface area (Å²) in [7, 11) is 0. The Morgan fingerprint density at radius 2 is 2.33 bits per heavy atom. The van der Waals surface area contributed by atoms with Crippen molar-refractivity contribution in [2.45, 2.75) is 19.8 Å². The number of hydrogen-bond donors (Lipinski definition) is 1. The Morgan fingerprint density at radius 1 is 1.56 bits per heavy atom. The summed E-state index contributed by atoms with van der Waals surface area (Å²) in [5, 5.41) is 2.55. The van der Waals surface area contributed by atoms with E-state index in [1.807, 2.05) is 6.92 Å². The highest BCUT2D eigenvalue weighted by atomic mass is 16.5. The van der Waals surface area contributed by atoms with Gasteiger partial charge in [0.05, 0.1) is 12.3 Å². The van der Waals surface area contributed by atoms with E-state index in [-0.39, 0.29) is 0 Å². The molecule has 0 aliphatic rings. The third kappa shape index (κ3) is 4.39. The summed E-state index contributed by atoms with van der Waals surface area (Å²) in [5.41, 5.74) is 1.49. The second kappa shape index (κ2) is 7.25. The van der Waals surface area contributed by atoms with Crippen molar-refractivity contribution in [2.75, 3.05) is 11.9 Å². The predicted molar refractivity (Wildman–Crippen MR) is 68.6 cm³/mol. The van der Waals surface area contributed by atoms with Gasteiger partial charge in [-0.2, -0.15) is 4.99 Å². The summed E-state index contributed by atoms with van der Waals surface area (Å²) in [6.07, 6.45) is 2.67. The molecule has 18 heavy (non-hydrogen) atoms. The first kappa shape index (κ1) is 13.9. The standard InChI is InChI=1S/C13H15N2O3/c1-3-4-7-18-13(17)15-12-8-11(14-9-16)6-5-10(12)2/h5-6,8H,2-4,7H2,1H3,(H,15,17). The third-order valence-corrected chi connectivity index (χ3v) is 2.24. The monoisotopic (exact) mass is 247 g/mol. The van der Waals surface area contributed by atoms with Crippen LogP contribution in [0.1, 0.15) is 25.3 Å². The summed E-state index contributed by atoms with van der Waals surface area (Å²) in [6.45, 7) is 6.15. The number of benzene rings is 1. The highest BCUT2D eigenvalue weighted by molar-refractivity contribution is 5.86. The number of nitrogens with zero attached hydrogens (tertiary/aromatic N) is 1. The molecule has 0 atom stereocenters. The average molecular weight is 247 g/mol. The summed E-state index contributed by atoms with van der Waals surface area (Å²) < 4.78 is 4.96. The van der Waals surface area contributed by atoms with Crippen molar-refractivity contribution < 1.29 is 14.3 Å². The smallest absolute Gasteiger partial charge is 0.411 e. The van der Waals surface area contributed by atoms with Crippen LogP contribution in [0.3, 0.4) is 0 Å². The van der Waals surface area contributed by atoms with Gasteiger partial charge in [-0.15, -0.1) is 0 Å². The van der Waals surface area contributed by atoms with Gasteiger partial charge in [0, 0.05) is 5.69 Å². The minimum absolute atomic E-state index is 0.376. The van der Waals surface area contributed by atoms with Crippen LogP contribution in [0.5, 0.6) is 0 Å². The van der Waals surface area contributed by atoms with Gasteiger partial charge in [-0.3, -0.25) is 5.32 Å². The van der Waals surface area contributed by atoms with Crippen molar-refractivity contribution in [1.82, 2.24) is 0 Å². The van der Waals surface area contributed by atoms with E-state index in [9.17, 15) is 9.59 Å². The van der Waals surface area contributed by atoms with Crippen molar-refractivity contribution in [3.05, 3.63) is 30.7 Å².